The monoisotopic (exact) mass is 413 g/mol. The van der Waals surface area contributed by atoms with E-state index in [1.807, 2.05) is 38.1 Å². The molecule has 0 aliphatic carbocycles. The Balaban J connectivity index is 1.47. The molecule has 0 radical (unpaired) electrons. The first-order valence-corrected chi connectivity index (χ1v) is 10.6. The van der Waals surface area contributed by atoms with Crippen molar-refractivity contribution in [2.45, 2.75) is 40.3 Å². The first kappa shape index (κ1) is 20.7. The molecule has 1 unspecified atom stereocenters. The Morgan fingerprint density at radius 1 is 1.03 bits per heavy atom. The van der Waals surface area contributed by atoms with Crippen molar-refractivity contribution in [3.8, 4) is 5.75 Å². The SMILES string of the molecule is CCn1c2ccccc2c2cc(/C=N/NC(=O)C(C)Oc3ccc(C)c(C)c3)ccc21. The van der Waals surface area contributed by atoms with E-state index in [-0.39, 0.29) is 5.91 Å². The van der Waals surface area contributed by atoms with Gasteiger partial charge in [0.2, 0.25) is 0 Å². The van der Waals surface area contributed by atoms with Gasteiger partial charge in [0, 0.05) is 28.4 Å². The number of para-hydroxylation sites is 1. The van der Waals surface area contributed by atoms with Crippen molar-refractivity contribution in [1.29, 1.82) is 0 Å². The standard InChI is InChI=1S/C26H27N3O2/c1-5-29-24-9-7-6-8-22(24)23-15-20(11-13-25(23)29)16-27-28-26(30)19(4)31-21-12-10-17(2)18(3)14-21/h6-16,19H,5H2,1-4H3,(H,28,30)/b27-16+. The molecule has 31 heavy (non-hydrogen) atoms. The Bertz CT molecular complexity index is 1290. The van der Waals surface area contributed by atoms with E-state index in [1.165, 1.54) is 27.4 Å². The Hall–Kier alpha value is -3.60. The van der Waals surface area contributed by atoms with Crippen LogP contribution in [0.15, 0.2) is 65.8 Å². The highest BCUT2D eigenvalue weighted by Gasteiger charge is 2.14. The molecule has 0 spiro atoms. The summed E-state index contributed by atoms with van der Waals surface area (Å²) in [5.74, 6) is 0.380. The van der Waals surface area contributed by atoms with Crippen molar-refractivity contribution in [1.82, 2.24) is 9.99 Å². The Labute approximate surface area is 182 Å². The molecule has 4 rings (SSSR count). The topological polar surface area (TPSA) is 55.6 Å². The zero-order valence-corrected chi connectivity index (χ0v) is 18.3. The minimum absolute atomic E-state index is 0.293. The molecule has 5 nitrogen and oxygen atoms in total. The average molecular weight is 414 g/mol. The van der Waals surface area contributed by atoms with Gasteiger partial charge < -0.3 is 9.30 Å². The number of nitrogens with zero attached hydrogens (tertiary/aromatic N) is 2. The van der Waals surface area contributed by atoms with Crippen molar-refractivity contribution in [2.75, 3.05) is 0 Å². The molecule has 1 N–H and O–H groups in total. The molecular formula is C26H27N3O2. The van der Waals surface area contributed by atoms with Crippen LogP contribution in [-0.2, 0) is 11.3 Å². The Kier molecular flexibility index (Phi) is 5.76. The number of aryl methyl sites for hydroxylation is 3. The first-order chi connectivity index (χ1) is 15.0. The molecule has 158 valence electrons. The van der Waals surface area contributed by atoms with Gasteiger partial charge in [-0.25, -0.2) is 5.43 Å². The van der Waals surface area contributed by atoms with Crippen molar-refractivity contribution >= 4 is 33.9 Å². The van der Waals surface area contributed by atoms with Crippen molar-refractivity contribution in [2.24, 2.45) is 5.10 Å². The van der Waals surface area contributed by atoms with Gasteiger partial charge >= 0.3 is 0 Å². The highest BCUT2D eigenvalue weighted by atomic mass is 16.5. The Morgan fingerprint density at radius 2 is 1.81 bits per heavy atom. The molecule has 1 aromatic heterocycles. The summed E-state index contributed by atoms with van der Waals surface area (Å²) < 4.78 is 8.05. The maximum Gasteiger partial charge on any atom is 0.280 e. The van der Waals surface area contributed by atoms with Crippen molar-refractivity contribution in [3.63, 3.8) is 0 Å². The summed E-state index contributed by atoms with van der Waals surface area (Å²) in [6.07, 6.45) is 1.02. The van der Waals surface area contributed by atoms with Crippen LogP contribution in [0.1, 0.15) is 30.5 Å². The van der Waals surface area contributed by atoms with Gasteiger partial charge in [0.1, 0.15) is 5.75 Å². The van der Waals surface area contributed by atoms with Gasteiger partial charge in [-0.2, -0.15) is 5.10 Å². The van der Waals surface area contributed by atoms with Crippen LogP contribution in [0.4, 0.5) is 0 Å². The zero-order chi connectivity index (χ0) is 22.0. The Morgan fingerprint density at radius 3 is 2.58 bits per heavy atom. The van der Waals surface area contributed by atoms with E-state index in [1.54, 1.807) is 13.1 Å². The van der Waals surface area contributed by atoms with Gasteiger partial charge in [-0.05, 0) is 74.7 Å². The normalized spacial score (nSPS) is 12.5. The largest absolute Gasteiger partial charge is 0.481 e. The third-order valence-corrected chi connectivity index (χ3v) is 5.66. The fourth-order valence-corrected chi connectivity index (χ4v) is 3.80. The number of ether oxygens (including phenoxy) is 1. The fraction of sp³-hybridized carbons (Fsp3) is 0.231. The van der Waals surface area contributed by atoms with Crippen LogP contribution >= 0.6 is 0 Å². The molecule has 1 amide bonds. The van der Waals surface area contributed by atoms with Gasteiger partial charge in [-0.15, -0.1) is 0 Å². The summed E-state index contributed by atoms with van der Waals surface area (Å²) in [6.45, 7) is 8.84. The highest BCUT2D eigenvalue weighted by molar-refractivity contribution is 6.09. The van der Waals surface area contributed by atoms with E-state index in [0.29, 0.717) is 5.75 Å². The van der Waals surface area contributed by atoms with E-state index >= 15 is 0 Å². The molecule has 3 aromatic carbocycles. The van der Waals surface area contributed by atoms with Gasteiger partial charge in [0.25, 0.3) is 5.91 Å². The van der Waals surface area contributed by atoms with Gasteiger partial charge in [0.15, 0.2) is 6.10 Å². The molecule has 0 bridgehead atoms. The molecule has 1 atom stereocenters. The number of hydrogen-bond acceptors (Lipinski definition) is 3. The van der Waals surface area contributed by atoms with E-state index < -0.39 is 6.10 Å². The summed E-state index contributed by atoms with van der Waals surface area (Å²) in [6, 6.07) is 20.4. The maximum absolute atomic E-state index is 12.4. The molecule has 0 saturated carbocycles. The first-order valence-electron chi connectivity index (χ1n) is 10.6. The number of benzene rings is 3. The molecule has 5 heteroatoms. The quantitative estimate of drug-likeness (QED) is 0.342. The molecule has 0 aliphatic rings. The number of nitrogens with one attached hydrogen (secondary N) is 1. The average Bonchev–Trinajstić information content (AvgIpc) is 3.09. The number of fused-ring (bicyclic) bond motifs is 3. The van der Waals surface area contributed by atoms with Gasteiger partial charge in [-0.1, -0.05) is 30.3 Å². The second kappa shape index (κ2) is 8.64. The number of hydrogen-bond donors (Lipinski definition) is 1. The lowest BCUT2D eigenvalue weighted by atomic mass is 10.1. The summed E-state index contributed by atoms with van der Waals surface area (Å²) in [5.41, 5.74) is 8.24. The summed E-state index contributed by atoms with van der Waals surface area (Å²) in [5, 5.41) is 6.53. The molecular weight excluding hydrogens is 386 g/mol. The van der Waals surface area contributed by atoms with Crippen LogP contribution in [0, 0.1) is 13.8 Å². The van der Waals surface area contributed by atoms with Crippen LogP contribution in [0.5, 0.6) is 5.75 Å². The molecule has 0 fully saturated rings. The van der Waals surface area contributed by atoms with Crippen LogP contribution in [0.3, 0.4) is 0 Å². The molecule has 4 aromatic rings. The van der Waals surface area contributed by atoms with E-state index in [0.717, 1.165) is 17.7 Å². The highest BCUT2D eigenvalue weighted by Crippen LogP contribution is 2.29. The second-order valence-corrected chi connectivity index (χ2v) is 7.78. The maximum atomic E-state index is 12.4. The lowest BCUT2D eigenvalue weighted by molar-refractivity contribution is -0.127. The molecule has 1 heterocycles. The van der Waals surface area contributed by atoms with Crippen molar-refractivity contribution in [3.05, 3.63) is 77.4 Å². The van der Waals surface area contributed by atoms with Gasteiger partial charge in [0.05, 0.1) is 6.21 Å². The number of amides is 1. The summed E-state index contributed by atoms with van der Waals surface area (Å²) in [7, 11) is 0. The van der Waals surface area contributed by atoms with E-state index in [4.69, 9.17) is 4.74 Å². The van der Waals surface area contributed by atoms with Crippen LogP contribution in [0.25, 0.3) is 21.8 Å². The lowest BCUT2D eigenvalue weighted by Crippen LogP contribution is -2.33. The smallest absolute Gasteiger partial charge is 0.280 e. The number of aromatic nitrogens is 1. The van der Waals surface area contributed by atoms with E-state index in [2.05, 4.69) is 58.4 Å². The molecule has 0 aliphatic heterocycles. The van der Waals surface area contributed by atoms with Gasteiger partial charge in [-0.3, -0.25) is 4.79 Å². The molecule has 0 saturated heterocycles. The lowest BCUT2D eigenvalue weighted by Gasteiger charge is -2.14. The van der Waals surface area contributed by atoms with Crippen LogP contribution < -0.4 is 10.2 Å². The summed E-state index contributed by atoms with van der Waals surface area (Å²) >= 11 is 0. The third-order valence-electron chi connectivity index (χ3n) is 5.66. The second-order valence-electron chi connectivity index (χ2n) is 7.78. The number of hydrazone groups is 1. The predicted octanol–water partition coefficient (Wildman–Crippen LogP) is 5.35. The summed E-state index contributed by atoms with van der Waals surface area (Å²) in [4.78, 5) is 12.4. The van der Waals surface area contributed by atoms with Crippen molar-refractivity contribution < 1.29 is 9.53 Å². The minimum atomic E-state index is -0.649. The zero-order valence-electron chi connectivity index (χ0n) is 18.3. The number of carbonyl (C=O) groups is 1. The minimum Gasteiger partial charge on any atom is -0.481 e. The number of carbonyl (C=O) groups excluding carboxylic acids is 1. The van der Waals surface area contributed by atoms with E-state index in [9.17, 15) is 4.79 Å². The number of rotatable bonds is 6. The predicted molar refractivity (Wildman–Crippen MR) is 127 cm³/mol. The fourth-order valence-electron chi connectivity index (χ4n) is 3.80. The van der Waals surface area contributed by atoms with Crippen LogP contribution in [0.2, 0.25) is 0 Å². The van der Waals surface area contributed by atoms with Crippen LogP contribution in [-0.4, -0.2) is 22.8 Å². The third kappa shape index (κ3) is 4.17.